The summed E-state index contributed by atoms with van der Waals surface area (Å²) in [4.78, 5) is 11.0. The van der Waals surface area contributed by atoms with Crippen molar-refractivity contribution in [3.8, 4) is 5.75 Å². The Bertz CT molecular complexity index is 880. The maximum Gasteiger partial charge on any atom is 0.269 e. The van der Waals surface area contributed by atoms with E-state index in [1.165, 1.54) is 24.8 Å². The number of hydrogen-bond acceptors (Lipinski definition) is 4. The van der Waals surface area contributed by atoms with Crippen LogP contribution in [0.15, 0.2) is 42.5 Å². The minimum atomic E-state index is -0.277. The van der Waals surface area contributed by atoms with Crippen LogP contribution in [0.25, 0.3) is 0 Å². The lowest BCUT2D eigenvalue weighted by atomic mass is 9.68. The predicted molar refractivity (Wildman–Crippen MR) is 104 cm³/mol. The molecule has 0 saturated heterocycles. The predicted octanol–water partition coefficient (Wildman–Crippen LogP) is 5.29. The molecule has 1 aliphatic heterocycles. The van der Waals surface area contributed by atoms with Crippen LogP contribution in [0.2, 0.25) is 0 Å². The van der Waals surface area contributed by atoms with Crippen LogP contribution in [-0.2, 0) is 0 Å². The van der Waals surface area contributed by atoms with Crippen molar-refractivity contribution in [3.63, 3.8) is 0 Å². The number of anilines is 1. The van der Waals surface area contributed by atoms with Crippen LogP contribution in [-0.4, -0.2) is 11.5 Å². The highest BCUT2D eigenvalue weighted by Crippen LogP contribution is 2.63. The van der Waals surface area contributed by atoms with Crippen molar-refractivity contribution in [2.75, 3.05) is 11.9 Å². The van der Waals surface area contributed by atoms with Gasteiger partial charge in [-0.15, -0.1) is 0 Å². The number of ether oxygens (including phenoxy) is 1. The van der Waals surface area contributed by atoms with Crippen LogP contribution in [0.4, 0.5) is 11.4 Å². The van der Waals surface area contributed by atoms with Crippen LogP contribution >= 0.6 is 0 Å². The van der Waals surface area contributed by atoms with Crippen LogP contribution in [0.1, 0.15) is 49.3 Å². The van der Waals surface area contributed by atoms with E-state index >= 15 is 0 Å². The van der Waals surface area contributed by atoms with E-state index in [1.54, 1.807) is 6.07 Å². The third-order valence-corrected chi connectivity index (χ3v) is 6.83. The second-order valence-electron chi connectivity index (χ2n) is 8.09. The molecule has 0 spiro atoms. The molecular formula is C22H24N2O3. The van der Waals surface area contributed by atoms with Gasteiger partial charge in [-0.05, 0) is 79.2 Å². The van der Waals surface area contributed by atoms with Gasteiger partial charge in [0, 0.05) is 17.8 Å². The first-order chi connectivity index (χ1) is 13.2. The van der Waals surface area contributed by atoms with E-state index in [9.17, 15) is 10.1 Å². The fourth-order valence-electron chi connectivity index (χ4n) is 5.86. The first kappa shape index (κ1) is 16.6. The van der Waals surface area contributed by atoms with Gasteiger partial charge in [0.15, 0.2) is 0 Å². The summed E-state index contributed by atoms with van der Waals surface area (Å²) in [6, 6.07) is 14.0. The smallest absolute Gasteiger partial charge is 0.269 e. The van der Waals surface area contributed by atoms with E-state index in [2.05, 4.69) is 17.4 Å². The van der Waals surface area contributed by atoms with E-state index in [4.69, 9.17) is 4.74 Å². The van der Waals surface area contributed by atoms with Gasteiger partial charge in [-0.3, -0.25) is 10.1 Å². The summed E-state index contributed by atoms with van der Waals surface area (Å²) < 4.78 is 5.59. The lowest BCUT2D eigenvalue weighted by Gasteiger charge is -2.43. The minimum Gasteiger partial charge on any atom is -0.494 e. The van der Waals surface area contributed by atoms with Crippen molar-refractivity contribution in [1.82, 2.24) is 0 Å². The monoisotopic (exact) mass is 364 g/mol. The summed E-state index contributed by atoms with van der Waals surface area (Å²) in [6.07, 6.45) is 3.79. The van der Waals surface area contributed by atoms with Crippen LogP contribution in [0.3, 0.4) is 0 Å². The molecule has 2 saturated carbocycles. The van der Waals surface area contributed by atoms with Gasteiger partial charge in [0.25, 0.3) is 5.69 Å². The first-order valence-corrected chi connectivity index (χ1v) is 9.93. The first-order valence-electron chi connectivity index (χ1n) is 9.93. The second kappa shape index (κ2) is 6.25. The number of rotatable bonds is 4. The van der Waals surface area contributed by atoms with Crippen molar-refractivity contribution in [1.29, 1.82) is 0 Å². The Balaban J connectivity index is 1.55. The lowest BCUT2D eigenvalue weighted by Crippen LogP contribution is -2.35. The van der Waals surface area contributed by atoms with Gasteiger partial charge in [0.1, 0.15) is 5.75 Å². The number of nitrogens with zero attached hydrogens (tertiary/aromatic N) is 1. The van der Waals surface area contributed by atoms with E-state index in [0.717, 1.165) is 17.0 Å². The Morgan fingerprint density at radius 1 is 1.15 bits per heavy atom. The number of nitro groups is 1. The summed E-state index contributed by atoms with van der Waals surface area (Å²) in [6.45, 7) is 2.66. The fraction of sp³-hybridized carbons (Fsp3) is 0.455. The lowest BCUT2D eigenvalue weighted by molar-refractivity contribution is -0.384. The Kier molecular flexibility index (Phi) is 3.85. The van der Waals surface area contributed by atoms with Gasteiger partial charge < -0.3 is 10.1 Å². The molecule has 5 rings (SSSR count). The maximum atomic E-state index is 11.3. The average molecular weight is 364 g/mol. The minimum absolute atomic E-state index is 0.205. The summed E-state index contributed by atoms with van der Waals surface area (Å²) >= 11 is 0. The Morgan fingerprint density at radius 2 is 1.93 bits per heavy atom. The van der Waals surface area contributed by atoms with Crippen molar-refractivity contribution >= 4 is 11.4 Å². The molecule has 0 unspecified atom stereocenters. The topological polar surface area (TPSA) is 64.4 Å². The standard InChI is InChI=1S/C22H24N2O3/c1-2-27-17-8-5-13(6-9-17)22-21-15-4-3-14(11-15)20(21)18-12-16(24(25)26)7-10-19(18)23-22/h5-10,12,14-15,20-23H,2-4,11H2,1H3/t14-,15-,20+,21+,22+/m0/s1. The van der Waals surface area contributed by atoms with Gasteiger partial charge in [0.2, 0.25) is 0 Å². The van der Waals surface area contributed by atoms with E-state index < -0.39 is 0 Å². The number of fused-ring (bicyclic) bond motifs is 7. The molecular weight excluding hydrogens is 340 g/mol. The molecule has 1 heterocycles. The maximum absolute atomic E-state index is 11.3. The Hall–Kier alpha value is -2.56. The largest absolute Gasteiger partial charge is 0.494 e. The van der Waals surface area contributed by atoms with Crippen molar-refractivity contribution < 1.29 is 9.66 Å². The molecule has 5 atom stereocenters. The molecule has 2 aliphatic carbocycles. The molecule has 5 heteroatoms. The van der Waals surface area contributed by atoms with E-state index in [0.29, 0.717) is 30.3 Å². The molecule has 27 heavy (non-hydrogen) atoms. The second-order valence-corrected chi connectivity index (χ2v) is 8.09. The van der Waals surface area contributed by atoms with Crippen LogP contribution in [0, 0.1) is 27.9 Å². The Morgan fingerprint density at radius 3 is 2.67 bits per heavy atom. The number of benzene rings is 2. The zero-order valence-electron chi connectivity index (χ0n) is 15.4. The number of non-ortho nitro benzene ring substituents is 1. The molecule has 2 aromatic rings. The molecule has 1 N–H and O–H groups in total. The third-order valence-electron chi connectivity index (χ3n) is 6.83. The zero-order chi connectivity index (χ0) is 18.5. The third kappa shape index (κ3) is 2.59. The molecule has 2 bridgehead atoms. The molecule has 5 nitrogen and oxygen atoms in total. The fourth-order valence-corrected chi connectivity index (χ4v) is 5.86. The van der Waals surface area contributed by atoms with Crippen LogP contribution < -0.4 is 10.1 Å². The molecule has 0 aromatic heterocycles. The zero-order valence-corrected chi connectivity index (χ0v) is 15.4. The molecule has 2 aromatic carbocycles. The van der Waals surface area contributed by atoms with Gasteiger partial charge in [0.05, 0.1) is 17.6 Å². The van der Waals surface area contributed by atoms with E-state index in [-0.39, 0.29) is 16.7 Å². The summed E-state index contributed by atoms with van der Waals surface area (Å²) in [5, 5.41) is 15.0. The Labute approximate surface area is 158 Å². The number of nitrogens with one attached hydrogen (secondary N) is 1. The van der Waals surface area contributed by atoms with Gasteiger partial charge in [-0.2, -0.15) is 0 Å². The van der Waals surface area contributed by atoms with Crippen LogP contribution in [0.5, 0.6) is 5.75 Å². The van der Waals surface area contributed by atoms with Crippen molar-refractivity contribution in [3.05, 3.63) is 63.7 Å². The molecule has 3 aliphatic rings. The van der Waals surface area contributed by atoms with Crippen molar-refractivity contribution in [2.45, 2.75) is 38.1 Å². The number of nitro benzene ring substituents is 1. The summed E-state index contributed by atoms with van der Waals surface area (Å²) in [5.74, 6) is 3.20. The number of hydrogen-bond donors (Lipinski definition) is 1. The highest BCUT2D eigenvalue weighted by Gasteiger charge is 2.54. The molecule has 0 radical (unpaired) electrons. The molecule has 140 valence electrons. The quantitative estimate of drug-likeness (QED) is 0.591. The van der Waals surface area contributed by atoms with Crippen molar-refractivity contribution in [2.24, 2.45) is 17.8 Å². The molecule has 2 fully saturated rings. The SMILES string of the molecule is CCOc1ccc([C@H]2Nc3ccc([N+](=O)[O-])cc3[C@H]3[C@H]4CC[C@@H](C4)[C@H]32)cc1. The van der Waals surface area contributed by atoms with Gasteiger partial charge in [-0.25, -0.2) is 0 Å². The molecule has 0 amide bonds. The van der Waals surface area contributed by atoms with Gasteiger partial charge in [-0.1, -0.05) is 12.1 Å². The highest BCUT2D eigenvalue weighted by atomic mass is 16.6. The summed E-state index contributed by atoms with van der Waals surface area (Å²) in [7, 11) is 0. The average Bonchev–Trinajstić information content (AvgIpc) is 3.30. The normalized spacial score (nSPS) is 30.3. The highest BCUT2D eigenvalue weighted by molar-refractivity contribution is 5.62. The van der Waals surface area contributed by atoms with E-state index in [1.807, 2.05) is 31.2 Å². The summed E-state index contributed by atoms with van der Waals surface area (Å²) in [5.41, 5.74) is 3.71. The van der Waals surface area contributed by atoms with Gasteiger partial charge >= 0.3 is 0 Å².